The molecule has 0 atom stereocenters. The smallest absolute Gasteiger partial charge is 0.402 e. The van der Waals surface area contributed by atoms with Crippen LogP contribution < -0.4 is 11.5 Å². The Labute approximate surface area is 149 Å². The Bertz CT molecular complexity index is 833. The highest BCUT2D eigenvalue weighted by Gasteiger charge is 2.32. The van der Waals surface area contributed by atoms with E-state index in [0.29, 0.717) is 30.1 Å². The number of halogens is 3. The topological polar surface area (TPSA) is 86.2 Å². The monoisotopic (exact) mass is 364 g/mol. The summed E-state index contributed by atoms with van der Waals surface area (Å²) < 4.78 is 37.3. The van der Waals surface area contributed by atoms with E-state index in [-0.39, 0.29) is 34.8 Å². The standard InChI is InChI=1S/C19H19F3N2O2/c1-2-5-12-15(10-11(23)8-9-16(24)19(20,21)22)18(26)14-7-4-3-6-13(14)17(12)25/h3-4,6-9H,2,5,10,23-24H2,1H3/b11-8-,16-9-. The van der Waals surface area contributed by atoms with Gasteiger partial charge in [0.25, 0.3) is 0 Å². The molecular formula is C19H19F3N2O2. The molecule has 0 spiro atoms. The summed E-state index contributed by atoms with van der Waals surface area (Å²) in [5.41, 5.74) is 10.6. The SMILES string of the molecule is CCCC1=C(C/C(N)=C/C=C(\N)C(F)(F)F)C(=O)c2ccccc2C1=O. The second kappa shape index (κ2) is 7.59. The molecule has 138 valence electrons. The van der Waals surface area contributed by atoms with Crippen LogP contribution in [0.4, 0.5) is 13.2 Å². The first kappa shape index (κ1) is 19.5. The highest BCUT2D eigenvalue weighted by Crippen LogP contribution is 2.31. The predicted octanol–water partition coefficient (Wildman–Crippen LogP) is 3.80. The zero-order chi connectivity index (χ0) is 19.5. The van der Waals surface area contributed by atoms with Crippen molar-refractivity contribution in [3.63, 3.8) is 0 Å². The second-order valence-corrected chi connectivity index (χ2v) is 5.95. The number of allylic oxidation sites excluding steroid dienone is 5. The third-order valence-electron chi connectivity index (χ3n) is 4.01. The number of hydrogen-bond donors (Lipinski definition) is 2. The molecule has 0 radical (unpaired) electrons. The number of hydrogen-bond acceptors (Lipinski definition) is 4. The van der Waals surface area contributed by atoms with Crippen molar-refractivity contribution in [3.8, 4) is 0 Å². The Balaban J connectivity index is 2.40. The van der Waals surface area contributed by atoms with Crippen LogP contribution in [0.2, 0.25) is 0 Å². The molecule has 4 N–H and O–H groups in total. The third kappa shape index (κ3) is 4.04. The first-order chi connectivity index (χ1) is 12.2. The number of fused-ring (bicyclic) bond motifs is 1. The highest BCUT2D eigenvalue weighted by atomic mass is 19.4. The van der Waals surface area contributed by atoms with Crippen molar-refractivity contribution in [3.05, 3.63) is 70.1 Å². The Morgan fingerprint density at radius 2 is 1.54 bits per heavy atom. The number of benzene rings is 1. The number of carbonyl (C=O) groups excluding carboxylic acids is 2. The highest BCUT2D eigenvalue weighted by molar-refractivity contribution is 6.27. The first-order valence-electron chi connectivity index (χ1n) is 8.06. The lowest BCUT2D eigenvalue weighted by Gasteiger charge is -2.21. The molecule has 1 aromatic rings. The summed E-state index contributed by atoms with van der Waals surface area (Å²) in [5.74, 6) is -0.567. The van der Waals surface area contributed by atoms with Crippen LogP contribution in [-0.4, -0.2) is 17.7 Å². The van der Waals surface area contributed by atoms with Gasteiger partial charge in [0.2, 0.25) is 0 Å². The number of alkyl halides is 3. The van der Waals surface area contributed by atoms with Crippen molar-refractivity contribution >= 4 is 11.6 Å². The zero-order valence-corrected chi connectivity index (χ0v) is 14.2. The minimum atomic E-state index is -4.65. The van der Waals surface area contributed by atoms with Gasteiger partial charge in [0.05, 0.1) is 0 Å². The molecule has 1 aliphatic carbocycles. The molecule has 26 heavy (non-hydrogen) atoms. The van der Waals surface area contributed by atoms with Gasteiger partial charge in [-0.3, -0.25) is 9.59 Å². The summed E-state index contributed by atoms with van der Waals surface area (Å²) in [7, 11) is 0. The van der Waals surface area contributed by atoms with E-state index < -0.39 is 11.9 Å². The molecule has 2 rings (SSSR count). The molecule has 4 nitrogen and oxygen atoms in total. The van der Waals surface area contributed by atoms with Crippen LogP contribution in [0.1, 0.15) is 46.9 Å². The van der Waals surface area contributed by atoms with E-state index in [1.54, 1.807) is 24.3 Å². The van der Waals surface area contributed by atoms with Crippen molar-refractivity contribution in [2.75, 3.05) is 0 Å². The van der Waals surface area contributed by atoms with Crippen molar-refractivity contribution in [1.82, 2.24) is 0 Å². The molecule has 1 aliphatic rings. The number of ketones is 2. The number of Topliss-reactive ketones (excluding diaryl/α,β-unsaturated/α-hetero) is 2. The van der Waals surface area contributed by atoms with Crippen LogP contribution in [0.15, 0.2) is 59.0 Å². The molecule has 7 heteroatoms. The molecule has 0 saturated carbocycles. The van der Waals surface area contributed by atoms with Gasteiger partial charge in [0.1, 0.15) is 5.70 Å². The average molecular weight is 364 g/mol. The minimum Gasteiger partial charge on any atom is -0.402 e. The molecule has 0 aliphatic heterocycles. The Morgan fingerprint density at radius 3 is 2.04 bits per heavy atom. The maximum atomic E-state index is 12.8. The molecular weight excluding hydrogens is 345 g/mol. The Kier molecular flexibility index (Phi) is 5.69. The molecule has 0 amide bonds. The number of carbonyl (C=O) groups is 2. The van der Waals surface area contributed by atoms with Crippen molar-refractivity contribution in [2.45, 2.75) is 32.4 Å². The van der Waals surface area contributed by atoms with E-state index in [1.807, 2.05) is 6.92 Å². The summed E-state index contributed by atoms with van der Waals surface area (Å²) in [4.78, 5) is 25.5. The molecule has 0 unspecified atom stereocenters. The van der Waals surface area contributed by atoms with Gasteiger partial charge in [-0.05, 0) is 18.6 Å². The summed E-state index contributed by atoms with van der Waals surface area (Å²) in [6, 6.07) is 6.48. The van der Waals surface area contributed by atoms with E-state index >= 15 is 0 Å². The fraction of sp³-hybridized carbons (Fsp3) is 0.263. The molecule has 0 fully saturated rings. The van der Waals surface area contributed by atoms with Crippen LogP contribution in [0.5, 0.6) is 0 Å². The van der Waals surface area contributed by atoms with Crippen LogP contribution in [-0.2, 0) is 0 Å². The lowest BCUT2D eigenvalue weighted by atomic mass is 9.81. The minimum absolute atomic E-state index is 0.0151. The molecule has 0 aromatic heterocycles. The number of nitrogens with two attached hydrogens (primary N) is 2. The maximum absolute atomic E-state index is 12.8. The third-order valence-corrected chi connectivity index (χ3v) is 4.01. The quantitative estimate of drug-likeness (QED) is 0.778. The van der Waals surface area contributed by atoms with Crippen molar-refractivity contribution in [2.24, 2.45) is 11.5 Å². The van der Waals surface area contributed by atoms with Gasteiger partial charge in [0, 0.05) is 34.4 Å². The van der Waals surface area contributed by atoms with Gasteiger partial charge < -0.3 is 11.5 Å². The molecule has 0 saturated heterocycles. The fourth-order valence-electron chi connectivity index (χ4n) is 2.73. The van der Waals surface area contributed by atoms with Gasteiger partial charge in [-0.2, -0.15) is 13.2 Å². The van der Waals surface area contributed by atoms with E-state index in [9.17, 15) is 22.8 Å². The van der Waals surface area contributed by atoms with Crippen LogP contribution in [0.3, 0.4) is 0 Å². The average Bonchev–Trinajstić information content (AvgIpc) is 2.59. The van der Waals surface area contributed by atoms with Gasteiger partial charge >= 0.3 is 6.18 Å². The van der Waals surface area contributed by atoms with Crippen molar-refractivity contribution in [1.29, 1.82) is 0 Å². The summed E-state index contributed by atoms with van der Waals surface area (Å²) >= 11 is 0. The van der Waals surface area contributed by atoms with Gasteiger partial charge in [0.15, 0.2) is 11.6 Å². The van der Waals surface area contributed by atoms with E-state index in [2.05, 4.69) is 0 Å². The molecule has 1 aromatic carbocycles. The Hall–Kier alpha value is -2.83. The summed E-state index contributed by atoms with van der Waals surface area (Å²) in [6.45, 7) is 1.87. The lowest BCUT2D eigenvalue weighted by molar-refractivity contribution is -0.0926. The molecule has 0 bridgehead atoms. The normalized spacial score (nSPS) is 16.2. The maximum Gasteiger partial charge on any atom is 0.430 e. The predicted molar refractivity (Wildman–Crippen MR) is 92.2 cm³/mol. The van der Waals surface area contributed by atoms with E-state index in [4.69, 9.17) is 11.5 Å². The Morgan fingerprint density at radius 1 is 1.00 bits per heavy atom. The number of rotatable bonds is 5. The fourth-order valence-corrected chi connectivity index (χ4v) is 2.73. The van der Waals surface area contributed by atoms with E-state index in [0.717, 1.165) is 6.08 Å². The second-order valence-electron chi connectivity index (χ2n) is 5.95. The largest absolute Gasteiger partial charge is 0.430 e. The first-order valence-corrected chi connectivity index (χ1v) is 8.06. The van der Waals surface area contributed by atoms with Gasteiger partial charge in [-0.1, -0.05) is 37.6 Å². The lowest BCUT2D eigenvalue weighted by Crippen LogP contribution is -2.23. The van der Waals surface area contributed by atoms with Gasteiger partial charge in [-0.25, -0.2) is 0 Å². The van der Waals surface area contributed by atoms with E-state index in [1.165, 1.54) is 0 Å². The van der Waals surface area contributed by atoms with Crippen LogP contribution in [0.25, 0.3) is 0 Å². The summed E-state index contributed by atoms with van der Waals surface area (Å²) in [6.07, 6.45) is -2.07. The van der Waals surface area contributed by atoms with Crippen LogP contribution in [0, 0.1) is 0 Å². The van der Waals surface area contributed by atoms with Gasteiger partial charge in [-0.15, -0.1) is 0 Å². The van der Waals surface area contributed by atoms with Crippen LogP contribution >= 0.6 is 0 Å². The van der Waals surface area contributed by atoms with Crippen molar-refractivity contribution < 1.29 is 22.8 Å². The summed E-state index contributed by atoms with van der Waals surface area (Å²) in [5, 5.41) is 0. The zero-order valence-electron chi connectivity index (χ0n) is 14.2. The molecule has 0 heterocycles.